The summed E-state index contributed by atoms with van der Waals surface area (Å²) in [5.41, 5.74) is 0. The molecule has 0 aromatic carbocycles. The normalized spacial score (nSPS) is 0. The molecule has 0 rings (SSSR count). The molecule has 0 saturated heterocycles. The number of hydrogen-bond acceptors (Lipinski definition) is 0. The molecule has 0 fully saturated rings. The second kappa shape index (κ2) is 336. The van der Waals surface area contributed by atoms with E-state index in [2.05, 4.69) is 0 Å². The van der Waals surface area contributed by atoms with E-state index < -0.39 is 0 Å². The first-order valence-electron chi connectivity index (χ1n) is 0. The van der Waals surface area contributed by atoms with Crippen molar-refractivity contribution in [1.29, 1.82) is 0 Å². The molecule has 0 saturated carbocycles. The van der Waals surface area contributed by atoms with Gasteiger partial charge in [-0.15, -0.1) is 0 Å². The van der Waals surface area contributed by atoms with Crippen LogP contribution < -0.4 is 0 Å². The third kappa shape index (κ3) is 279. The predicted octanol–water partition coefficient (Wildman–Crippen LogP) is -2.62. The molecule has 52 valence electrons. The largest absolute Gasteiger partial charge is 3.00 e. The minimum Gasteiger partial charge on any atom is -2.00 e. The van der Waals surface area contributed by atoms with Crippen LogP contribution in [0.3, 0.4) is 0 Å². The van der Waals surface area contributed by atoms with Crippen LogP contribution >= 0.6 is 0 Å². The first kappa shape index (κ1) is 433. The molecule has 0 spiro atoms. The Hall–Kier alpha value is 2.11. The van der Waals surface area contributed by atoms with E-state index in [9.17, 15) is 0 Å². The van der Waals surface area contributed by atoms with Crippen LogP contribution in [-0.4, -0.2) is 80.4 Å². The molecular formula is Al4O6Si. The summed E-state index contributed by atoms with van der Waals surface area (Å²) in [5.74, 6) is 0. The van der Waals surface area contributed by atoms with Gasteiger partial charge in [-0.2, -0.15) is 0 Å². The summed E-state index contributed by atoms with van der Waals surface area (Å²) in [6.45, 7) is 0. The molecule has 4 radical (unpaired) electrons. The average Bonchev–Trinajstić information content (AvgIpc) is 0. The van der Waals surface area contributed by atoms with Gasteiger partial charge in [0.2, 0.25) is 0 Å². The third-order valence-electron chi connectivity index (χ3n) is 0. The average molecular weight is 232 g/mol. The zero-order valence-corrected chi connectivity index (χ0v) is 10.9. The fourth-order valence-electron chi connectivity index (χ4n) is 0. The van der Waals surface area contributed by atoms with E-state index in [-0.39, 0.29) is 113 Å². The summed E-state index contributed by atoms with van der Waals surface area (Å²) in [7, 11) is 0. The van der Waals surface area contributed by atoms with Gasteiger partial charge in [-0.3, -0.25) is 0 Å². The molecule has 0 bridgehead atoms. The van der Waals surface area contributed by atoms with Crippen molar-refractivity contribution in [3.63, 3.8) is 0 Å². The van der Waals surface area contributed by atoms with Gasteiger partial charge in [0.25, 0.3) is 0 Å². The van der Waals surface area contributed by atoms with Crippen molar-refractivity contribution in [2.75, 3.05) is 0 Å². The zero-order valence-electron chi connectivity index (χ0n) is 5.26. The van der Waals surface area contributed by atoms with E-state index in [1.54, 1.807) is 0 Å². The summed E-state index contributed by atoms with van der Waals surface area (Å²) in [6, 6.07) is 0. The molecular weight excluding hydrogens is 232 g/mol. The summed E-state index contributed by atoms with van der Waals surface area (Å²) < 4.78 is 0. The molecule has 0 aliphatic carbocycles. The summed E-state index contributed by atoms with van der Waals surface area (Å²) in [4.78, 5) is 0. The van der Waals surface area contributed by atoms with E-state index in [1.165, 1.54) is 0 Å². The van der Waals surface area contributed by atoms with Gasteiger partial charge in [0.1, 0.15) is 0 Å². The van der Waals surface area contributed by atoms with E-state index in [1.807, 2.05) is 0 Å². The SMILES string of the molecule is [Al+3].[Al+3].[Al+3].[Al+3].[O-2].[O-2].[O-2].[O-2].[O-2].[O-2].[Si]. The van der Waals surface area contributed by atoms with Crippen molar-refractivity contribution < 1.29 is 32.9 Å². The fourth-order valence-corrected chi connectivity index (χ4v) is 0. The van der Waals surface area contributed by atoms with Gasteiger partial charge < -0.3 is 32.9 Å². The van der Waals surface area contributed by atoms with Crippen molar-refractivity contribution in [2.45, 2.75) is 0 Å². The Kier molecular flexibility index (Phi) is 13200. The molecule has 0 unspecified atom stereocenters. The predicted molar refractivity (Wildman–Crippen MR) is 32.9 cm³/mol. The second-order valence-corrected chi connectivity index (χ2v) is 0. The van der Waals surface area contributed by atoms with Crippen molar-refractivity contribution >= 4 is 80.4 Å². The second-order valence-electron chi connectivity index (χ2n) is 0. The summed E-state index contributed by atoms with van der Waals surface area (Å²) >= 11 is 0. The molecule has 0 N–H and O–H groups in total. The van der Waals surface area contributed by atoms with Crippen LogP contribution in [0.15, 0.2) is 0 Å². The summed E-state index contributed by atoms with van der Waals surface area (Å²) in [6.07, 6.45) is 0. The Morgan fingerprint density at radius 1 is 0.273 bits per heavy atom. The van der Waals surface area contributed by atoms with Gasteiger partial charge >= 0.3 is 69.4 Å². The maximum Gasteiger partial charge on any atom is 3.00 e. The molecule has 11 heteroatoms. The van der Waals surface area contributed by atoms with Gasteiger partial charge in [0, 0.05) is 11.0 Å². The van der Waals surface area contributed by atoms with E-state index in [4.69, 9.17) is 0 Å². The minimum absolute atomic E-state index is 0. The van der Waals surface area contributed by atoms with Crippen LogP contribution in [0, 0.1) is 0 Å². The molecule has 0 amide bonds. The van der Waals surface area contributed by atoms with Gasteiger partial charge in [-0.25, -0.2) is 0 Å². The molecule has 0 aromatic rings. The third-order valence-corrected chi connectivity index (χ3v) is 0. The van der Waals surface area contributed by atoms with Crippen molar-refractivity contribution in [3.05, 3.63) is 0 Å². The van der Waals surface area contributed by atoms with E-state index >= 15 is 0 Å². The first-order chi connectivity index (χ1) is 0. The molecule has 11 heavy (non-hydrogen) atoms. The minimum atomic E-state index is 0. The van der Waals surface area contributed by atoms with E-state index in [0.717, 1.165) is 0 Å². The first-order valence-corrected chi connectivity index (χ1v) is 0. The maximum atomic E-state index is 0. The van der Waals surface area contributed by atoms with Crippen LogP contribution in [0.2, 0.25) is 0 Å². The molecule has 6 nitrogen and oxygen atoms in total. The Labute approximate surface area is 113 Å². The molecule has 0 aliphatic heterocycles. The Bertz CT molecular complexity index is 14.5. The van der Waals surface area contributed by atoms with Gasteiger partial charge in [0.05, 0.1) is 0 Å². The topological polar surface area (TPSA) is 171 Å². The van der Waals surface area contributed by atoms with Crippen LogP contribution in [0.4, 0.5) is 0 Å². The van der Waals surface area contributed by atoms with Crippen LogP contribution in [0.1, 0.15) is 0 Å². The van der Waals surface area contributed by atoms with Crippen LogP contribution in [0.5, 0.6) is 0 Å². The smallest absolute Gasteiger partial charge is 2.00 e. The van der Waals surface area contributed by atoms with Gasteiger partial charge in [0.15, 0.2) is 0 Å². The quantitative estimate of drug-likeness (QED) is 0.398. The zero-order chi connectivity index (χ0) is 0. The molecule has 0 heterocycles. The van der Waals surface area contributed by atoms with Crippen LogP contribution in [-0.2, 0) is 32.9 Å². The van der Waals surface area contributed by atoms with Crippen molar-refractivity contribution in [1.82, 2.24) is 0 Å². The number of rotatable bonds is 0. The van der Waals surface area contributed by atoms with Gasteiger partial charge in [-0.1, -0.05) is 0 Å². The van der Waals surface area contributed by atoms with E-state index in [0.29, 0.717) is 0 Å². The Morgan fingerprint density at radius 3 is 0.273 bits per heavy atom. The van der Waals surface area contributed by atoms with Gasteiger partial charge in [-0.05, 0) is 0 Å². The van der Waals surface area contributed by atoms with Crippen LogP contribution in [0.25, 0.3) is 0 Å². The standard InChI is InChI=1S/4Al.6O.Si/q4*+3;6*-2;. The fraction of sp³-hybridized carbons (Fsp3) is 0. The Balaban J connectivity index is 0. The van der Waals surface area contributed by atoms with Crippen molar-refractivity contribution in [2.24, 2.45) is 0 Å². The monoisotopic (exact) mass is 232 g/mol. The number of hydrogen-bond donors (Lipinski definition) is 0. The molecule has 0 aliphatic rings. The molecule has 0 atom stereocenters. The Morgan fingerprint density at radius 2 is 0.273 bits per heavy atom. The van der Waals surface area contributed by atoms with Crippen molar-refractivity contribution in [3.8, 4) is 0 Å². The molecule has 0 aromatic heterocycles. The summed E-state index contributed by atoms with van der Waals surface area (Å²) in [5, 5.41) is 0. The maximum absolute atomic E-state index is 0.